The van der Waals surface area contributed by atoms with Crippen LogP contribution in [0.5, 0.6) is 0 Å². The molecular formula is C11H9Cl2NO2S. The third-order valence-electron chi connectivity index (χ3n) is 2.26. The number of hydrogen-bond donors (Lipinski definition) is 0. The number of hydrogen-bond acceptors (Lipinski definition) is 4. The number of aromatic nitrogens is 1. The maximum absolute atomic E-state index is 11.7. The number of thiophene rings is 1. The lowest BCUT2D eigenvalue weighted by atomic mass is 10.2. The zero-order chi connectivity index (χ0) is 12.6. The van der Waals surface area contributed by atoms with E-state index in [-0.39, 0.29) is 17.3 Å². The van der Waals surface area contributed by atoms with E-state index in [1.807, 2.05) is 12.3 Å². The van der Waals surface area contributed by atoms with Crippen molar-refractivity contribution in [2.45, 2.75) is 13.8 Å². The molecule has 0 aromatic carbocycles. The van der Waals surface area contributed by atoms with E-state index in [1.54, 1.807) is 6.92 Å². The summed E-state index contributed by atoms with van der Waals surface area (Å²) < 4.78 is 5.66. The summed E-state index contributed by atoms with van der Waals surface area (Å²) in [5.41, 5.74) is 1.87. The van der Waals surface area contributed by atoms with Crippen LogP contribution in [0.25, 0.3) is 10.2 Å². The molecule has 0 aliphatic rings. The van der Waals surface area contributed by atoms with Crippen molar-refractivity contribution in [3.8, 4) is 0 Å². The molecule has 90 valence electrons. The van der Waals surface area contributed by atoms with Crippen LogP contribution in [0.1, 0.15) is 22.8 Å². The summed E-state index contributed by atoms with van der Waals surface area (Å²) >= 11 is 13.6. The molecule has 2 aromatic heterocycles. The van der Waals surface area contributed by atoms with Crippen molar-refractivity contribution in [3.63, 3.8) is 0 Å². The Hall–Kier alpha value is -0.840. The Balaban J connectivity index is 2.68. The number of carbonyl (C=O) groups excluding carboxylic acids is 1. The summed E-state index contributed by atoms with van der Waals surface area (Å²) in [7, 11) is 0. The third-order valence-corrected chi connectivity index (χ3v) is 4.12. The highest BCUT2D eigenvalue weighted by Crippen LogP contribution is 2.36. The van der Waals surface area contributed by atoms with Gasteiger partial charge in [-0.3, -0.25) is 0 Å². The van der Waals surface area contributed by atoms with Crippen LogP contribution in [-0.4, -0.2) is 17.6 Å². The Labute approximate surface area is 112 Å². The monoisotopic (exact) mass is 289 g/mol. The molecule has 0 saturated heterocycles. The molecule has 0 fully saturated rings. The number of rotatable bonds is 2. The van der Waals surface area contributed by atoms with Crippen LogP contribution in [0, 0.1) is 6.92 Å². The molecule has 0 bridgehead atoms. The Morgan fingerprint density at radius 3 is 2.88 bits per heavy atom. The first-order valence-corrected chi connectivity index (χ1v) is 6.59. The van der Waals surface area contributed by atoms with Crippen molar-refractivity contribution in [1.29, 1.82) is 0 Å². The third kappa shape index (κ3) is 2.12. The molecule has 17 heavy (non-hydrogen) atoms. The second kappa shape index (κ2) is 4.80. The summed E-state index contributed by atoms with van der Waals surface area (Å²) in [6.45, 7) is 3.91. The number of nitrogens with zero attached hydrogens (tertiary/aromatic N) is 1. The highest BCUT2D eigenvalue weighted by Gasteiger charge is 2.21. The molecule has 3 nitrogen and oxygen atoms in total. The van der Waals surface area contributed by atoms with E-state index in [1.165, 1.54) is 11.3 Å². The predicted molar refractivity (Wildman–Crippen MR) is 70.3 cm³/mol. The number of aryl methyl sites for hydroxylation is 1. The topological polar surface area (TPSA) is 39.2 Å². The lowest BCUT2D eigenvalue weighted by Crippen LogP contribution is -2.07. The largest absolute Gasteiger partial charge is 0.462 e. The van der Waals surface area contributed by atoms with E-state index in [9.17, 15) is 4.79 Å². The number of fused-ring (bicyclic) bond motifs is 1. The van der Waals surface area contributed by atoms with Gasteiger partial charge < -0.3 is 4.74 Å². The quantitative estimate of drug-likeness (QED) is 0.617. The van der Waals surface area contributed by atoms with Crippen molar-refractivity contribution in [2.24, 2.45) is 0 Å². The Morgan fingerprint density at radius 2 is 2.24 bits per heavy atom. The first-order valence-electron chi connectivity index (χ1n) is 4.96. The van der Waals surface area contributed by atoms with Gasteiger partial charge >= 0.3 is 5.97 Å². The van der Waals surface area contributed by atoms with Gasteiger partial charge in [-0.15, -0.1) is 11.3 Å². The van der Waals surface area contributed by atoms with E-state index in [0.717, 1.165) is 15.8 Å². The molecule has 2 aromatic rings. The van der Waals surface area contributed by atoms with Crippen molar-refractivity contribution < 1.29 is 9.53 Å². The molecule has 0 aliphatic carbocycles. The number of ether oxygens (including phenoxy) is 1. The molecule has 0 atom stereocenters. The fourth-order valence-electron chi connectivity index (χ4n) is 1.47. The van der Waals surface area contributed by atoms with Crippen LogP contribution in [0.3, 0.4) is 0 Å². The molecule has 0 amide bonds. The maximum atomic E-state index is 11.7. The van der Waals surface area contributed by atoms with E-state index in [2.05, 4.69) is 4.98 Å². The molecular weight excluding hydrogens is 281 g/mol. The molecule has 6 heteroatoms. The number of pyridine rings is 1. The van der Waals surface area contributed by atoms with E-state index >= 15 is 0 Å². The van der Waals surface area contributed by atoms with Gasteiger partial charge in [0.15, 0.2) is 0 Å². The minimum absolute atomic E-state index is 0.0856. The molecule has 0 saturated carbocycles. The minimum Gasteiger partial charge on any atom is -0.462 e. The highest BCUT2D eigenvalue weighted by molar-refractivity contribution is 7.18. The fraction of sp³-hybridized carbons (Fsp3) is 0.273. The van der Waals surface area contributed by atoms with Crippen molar-refractivity contribution >= 4 is 50.7 Å². The lowest BCUT2D eigenvalue weighted by molar-refractivity contribution is 0.0526. The standard InChI is InChI=1S/C11H9Cl2NO2S/c1-3-16-11(15)6-7(12)9-8(14-10(6)13)5(2)4-17-9/h4H,3H2,1-2H3. The molecule has 0 spiro atoms. The van der Waals surface area contributed by atoms with Crippen LogP contribution < -0.4 is 0 Å². The Bertz CT molecular complexity index is 595. The van der Waals surface area contributed by atoms with Gasteiger partial charge in [0, 0.05) is 0 Å². The first-order chi connectivity index (χ1) is 8.06. The van der Waals surface area contributed by atoms with E-state index in [4.69, 9.17) is 27.9 Å². The van der Waals surface area contributed by atoms with Crippen LogP contribution >= 0.6 is 34.5 Å². The second-order valence-electron chi connectivity index (χ2n) is 3.41. The Morgan fingerprint density at radius 1 is 1.53 bits per heavy atom. The number of esters is 1. The van der Waals surface area contributed by atoms with Gasteiger partial charge in [0.2, 0.25) is 0 Å². The smallest absolute Gasteiger partial charge is 0.342 e. The van der Waals surface area contributed by atoms with E-state index in [0.29, 0.717) is 5.02 Å². The molecule has 0 aliphatic heterocycles. The van der Waals surface area contributed by atoms with Crippen molar-refractivity contribution in [3.05, 3.63) is 26.7 Å². The van der Waals surface area contributed by atoms with Crippen LogP contribution in [0.4, 0.5) is 0 Å². The number of carbonyl (C=O) groups is 1. The van der Waals surface area contributed by atoms with E-state index < -0.39 is 5.97 Å². The maximum Gasteiger partial charge on any atom is 0.342 e. The molecule has 0 radical (unpaired) electrons. The lowest BCUT2D eigenvalue weighted by Gasteiger charge is -2.06. The SMILES string of the molecule is CCOC(=O)c1c(Cl)nc2c(C)csc2c1Cl. The van der Waals surface area contributed by atoms with Gasteiger partial charge in [0.1, 0.15) is 10.7 Å². The van der Waals surface area contributed by atoms with Gasteiger partial charge in [-0.2, -0.15) is 0 Å². The normalized spacial score (nSPS) is 10.8. The van der Waals surface area contributed by atoms with Gasteiger partial charge in [0.25, 0.3) is 0 Å². The van der Waals surface area contributed by atoms with Crippen molar-refractivity contribution in [1.82, 2.24) is 4.98 Å². The summed E-state index contributed by atoms with van der Waals surface area (Å²) in [4.78, 5) is 15.9. The van der Waals surface area contributed by atoms with Crippen LogP contribution in [-0.2, 0) is 4.74 Å². The molecule has 0 N–H and O–H groups in total. The van der Waals surface area contributed by atoms with Gasteiger partial charge in [-0.25, -0.2) is 9.78 Å². The zero-order valence-corrected chi connectivity index (χ0v) is 11.5. The average Bonchev–Trinajstić information content (AvgIpc) is 2.61. The molecule has 2 rings (SSSR count). The zero-order valence-electron chi connectivity index (χ0n) is 9.21. The van der Waals surface area contributed by atoms with Crippen LogP contribution in [0.15, 0.2) is 5.38 Å². The van der Waals surface area contributed by atoms with Crippen molar-refractivity contribution in [2.75, 3.05) is 6.61 Å². The Kier molecular flexibility index (Phi) is 3.56. The minimum atomic E-state index is -0.539. The first kappa shape index (κ1) is 12.6. The highest BCUT2D eigenvalue weighted by atomic mass is 35.5. The fourth-order valence-corrected chi connectivity index (χ4v) is 3.09. The molecule has 2 heterocycles. The summed E-state index contributed by atoms with van der Waals surface area (Å²) in [5.74, 6) is -0.539. The van der Waals surface area contributed by atoms with Gasteiger partial charge in [0.05, 0.1) is 21.8 Å². The molecule has 0 unspecified atom stereocenters. The van der Waals surface area contributed by atoms with Gasteiger partial charge in [-0.05, 0) is 24.8 Å². The number of halogens is 2. The summed E-state index contributed by atoms with van der Waals surface area (Å²) in [6.07, 6.45) is 0. The summed E-state index contributed by atoms with van der Waals surface area (Å²) in [6, 6.07) is 0. The van der Waals surface area contributed by atoms with Gasteiger partial charge in [-0.1, -0.05) is 23.2 Å². The van der Waals surface area contributed by atoms with Crippen LogP contribution in [0.2, 0.25) is 10.2 Å². The average molecular weight is 290 g/mol. The summed E-state index contributed by atoms with van der Waals surface area (Å²) in [5, 5.41) is 2.33. The second-order valence-corrected chi connectivity index (χ2v) is 5.02. The predicted octanol–water partition coefficient (Wildman–Crippen LogP) is 4.09.